The average Bonchev–Trinajstić information content (AvgIpc) is 2.29. The molecule has 0 amide bonds. The maximum absolute atomic E-state index is 12.0. The van der Waals surface area contributed by atoms with Gasteiger partial charge in [0, 0.05) is 0 Å². The number of hydrogen-bond donors (Lipinski definition) is 0. The van der Waals surface area contributed by atoms with E-state index in [0.29, 0.717) is 11.3 Å². The van der Waals surface area contributed by atoms with Crippen molar-refractivity contribution in [1.29, 1.82) is 0 Å². The molecule has 1 rings (SSSR count). The Bertz CT molecular complexity index is 362. The van der Waals surface area contributed by atoms with Gasteiger partial charge in [-0.2, -0.15) is 13.2 Å². The lowest BCUT2D eigenvalue weighted by atomic mass is 10.1. The Morgan fingerprint density at radius 1 is 1.29 bits per heavy atom. The minimum atomic E-state index is -4.42. The predicted molar refractivity (Wildman–Crippen MR) is 60.7 cm³/mol. The van der Waals surface area contributed by atoms with Crippen LogP contribution in [-0.4, -0.2) is 12.6 Å². The number of benzene rings is 1. The molecule has 0 bridgehead atoms. The zero-order chi connectivity index (χ0) is 12.9. The van der Waals surface area contributed by atoms with E-state index in [1.807, 2.05) is 0 Å². The zero-order valence-electron chi connectivity index (χ0n) is 9.03. The first-order valence-electron chi connectivity index (χ1n) is 4.64. The van der Waals surface area contributed by atoms with Crippen molar-refractivity contribution in [1.82, 2.24) is 0 Å². The number of methoxy groups -OCH3 is 1. The number of hydrogen-bond acceptors (Lipinski definition) is 3. The molecule has 0 fully saturated rings. The minimum absolute atomic E-state index is 0.531. The smallest absolute Gasteiger partial charge is 0.468 e. The molecule has 0 heterocycles. The van der Waals surface area contributed by atoms with Gasteiger partial charge in [-0.3, -0.25) is 4.18 Å². The molecule has 0 saturated heterocycles. The van der Waals surface area contributed by atoms with E-state index in [1.54, 1.807) is 24.3 Å². The van der Waals surface area contributed by atoms with Crippen LogP contribution in [0.15, 0.2) is 36.9 Å². The monoisotopic (exact) mass is 264 g/mol. The third-order valence-corrected chi connectivity index (χ3v) is 2.40. The van der Waals surface area contributed by atoms with E-state index in [2.05, 4.69) is 10.8 Å². The average molecular weight is 264 g/mol. The van der Waals surface area contributed by atoms with Crippen LogP contribution in [0.1, 0.15) is 11.7 Å². The lowest BCUT2D eigenvalue weighted by Crippen LogP contribution is -2.04. The zero-order valence-corrected chi connectivity index (χ0v) is 9.85. The highest BCUT2D eigenvalue weighted by molar-refractivity contribution is 7.95. The molecule has 94 valence electrons. The van der Waals surface area contributed by atoms with E-state index in [-0.39, 0.29) is 0 Å². The van der Waals surface area contributed by atoms with Gasteiger partial charge in [0.15, 0.2) is 0 Å². The fraction of sp³-hybridized carbons (Fsp3) is 0.273. The number of halogens is 3. The van der Waals surface area contributed by atoms with Gasteiger partial charge in [0.1, 0.15) is 23.9 Å². The van der Waals surface area contributed by atoms with E-state index in [4.69, 9.17) is 4.74 Å². The molecule has 0 aliphatic rings. The van der Waals surface area contributed by atoms with Gasteiger partial charge in [-0.05, 0) is 17.7 Å². The third-order valence-electron chi connectivity index (χ3n) is 1.90. The lowest BCUT2D eigenvalue weighted by molar-refractivity contribution is -0.0409. The van der Waals surface area contributed by atoms with Crippen molar-refractivity contribution in [3.8, 4) is 5.75 Å². The summed E-state index contributed by atoms with van der Waals surface area (Å²) in [5, 5.41) is 0. The van der Waals surface area contributed by atoms with Crippen molar-refractivity contribution < 1.29 is 22.1 Å². The molecule has 1 unspecified atom stereocenters. The van der Waals surface area contributed by atoms with Gasteiger partial charge in [0.25, 0.3) is 0 Å². The number of ether oxygens (including phenoxy) is 1. The molecule has 1 atom stereocenters. The standard InChI is InChI=1S/C11H11F3O2S/c1-3-10(16-17-11(12,13)14)8-4-6-9(15-2)7-5-8/h3-7,10H,1H2,2H3. The third kappa shape index (κ3) is 4.70. The molecule has 6 heteroatoms. The highest BCUT2D eigenvalue weighted by atomic mass is 32.2. The fourth-order valence-electron chi connectivity index (χ4n) is 1.13. The Balaban J connectivity index is 2.69. The summed E-state index contributed by atoms with van der Waals surface area (Å²) in [4.78, 5) is 0. The molecule has 2 nitrogen and oxygen atoms in total. The topological polar surface area (TPSA) is 18.5 Å². The van der Waals surface area contributed by atoms with Crippen LogP contribution >= 0.6 is 12.0 Å². The van der Waals surface area contributed by atoms with Crippen molar-refractivity contribution in [2.24, 2.45) is 0 Å². The predicted octanol–water partition coefficient (Wildman–Crippen LogP) is 4.11. The van der Waals surface area contributed by atoms with Crippen LogP contribution in [0.4, 0.5) is 13.2 Å². The molecule has 0 aromatic heterocycles. The normalized spacial score (nSPS) is 13.2. The quantitative estimate of drug-likeness (QED) is 0.589. The summed E-state index contributed by atoms with van der Waals surface area (Å²) < 4.78 is 45.5. The van der Waals surface area contributed by atoms with Gasteiger partial charge in [-0.25, -0.2) is 0 Å². The van der Waals surface area contributed by atoms with Crippen LogP contribution in [-0.2, 0) is 4.18 Å². The van der Waals surface area contributed by atoms with E-state index >= 15 is 0 Å². The number of rotatable bonds is 5. The second kappa shape index (κ2) is 5.97. The highest BCUT2D eigenvalue weighted by Gasteiger charge is 2.31. The Labute approximate surface area is 102 Å². The van der Waals surface area contributed by atoms with E-state index in [1.165, 1.54) is 13.2 Å². The van der Waals surface area contributed by atoms with E-state index in [0.717, 1.165) is 0 Å². The van der Waals surface area contributed by atoms with Crippen LogP contribution in [0.3, 0.4) is 0 Å². The van der Waals surface area contributed by atoms with Crippen LogP contribution in [0.25, 0.3) is 0 Å². The number of alkyl halides is 3. The summed E-state index contributed by atoms with van der Waals surface area (Å²) in [6.07, 6.45) is 0.494. The molecular weight excluding hydrogens is 253 g/mol. The van der Waals surface area contributed by atoms with Gasteiger partial charge < -0.3 is 4.74 Å². The van der Waals surface area contributed by atoms with Gasteiger partial charge in [-0.15, -0.1) is 6.58 Å². The first kappa shape index (κ1) is 13.9. The molecule has 0 N–H and O–H groups in total. The maximum Gasteiger partial charge on any atom is 0.468 e. The summed E-state index contributed by atoms with van der Waals surface area (Å²) in [7, 11) is 1.51. The molecule has 1 aromatic rings. The lowest BCUT2D eigenvalue weighted by Gasteiger charge is -2.14. The maximum atomic E-state index is 12.0. The highest BCUT2D eigenvalue weighted by Crippen LogP contribution is 2.36. The van der Waals surface area contributed by atoms with Gasteiger partial charge in [0.05, 0.1) is 7.11 Å². The first-order chi connectivity index (χ1) is 7.96. The van der Waals surface area contributed by atoms with Crippen molar-refractivity contribution in [2.75, 3.05) is 7.11 Å². The molecular formula is C11H11F3O2S. The van der Waals surface area contributed by atoms with Crippen LogP contribution in [0.5, 0.6) is 5.75 Å². The molecule has 0 spiro atoms. The van der Waals surface area contributed by atoms with Crippen molar-refractivity contribution in [3.05, 3.63) is 42.5 Å². The largest absolute Gasteiger partial charge is 0.497 e. The van der Waals surface area contributed by atoms with Crippen molar-refractivity contribution in [3.63, 3.8) is 0 Å². The summed E-state index contributed by atoms with van der Waals surface area (Å²) in [6, 6.07) is 6.55. The van der Waals surface area contributed by atoms with Crippen LogP contribution < -0.4 is 4.74 Å². The second-order valence-corrected chi connectivity index (χ2v) is 3.88. The Morgan fingerprint density at radius 3 is 2.29 bits per heavy atom. The van der Waals surface area contributed by atoms with Gasteiger partial charge in [0.2, 0.25) is 0 Å². The minimum Gasteiger partial charge on any atom is -0.497 e. The molecule has 0 saturated carbocycles. The molecule has 17 heavy (non-hydrogen) atoms. The molecule has 0 aliphatic carbocycles. The van der Waals surface area contributed by atoms with Gasteiger partial charge >= 0.3 is 5.51 Å². The fourth-order valence-corrected chi connectivity index (χ4v) is 1.53. The summed E-state index contributed by atoms with van der Waals surface area (Å²) >= 11 is -0.531. The summed E-state index contributed by atoms with van der Waals surface area (Å²) in [5.41, 5.74) is -3.84. The van der Waals surface area contributed by atoms with E-state index < -0.39 is 23.7 Å². The summed E-state index contributed by atoms with van der Waals surface area (Å²) in [6.45, 7) is 3.44. The molecule has 1 aromatic carbocycles. The Kier molecular flexibility index (Phi) is 4.89. The Hall–Kier alpha value is -1.14. The summed E-state index contributed by atoms with van der Waals surface area (Å²) in [5.74, 6) is 0.625. The SMILES string of the molecule is C=CC(OSC(F)(F)F)c1ccc(OC)cc1. The Morgan fingerprint density at radius 2 is 1.88 bits per heavy atom. The molecule has 0 aliphatic heterocycles. The van der Waals surface area contributed by atoms with Crippen molar-refractivity contribution in [2.45, 2.75) is 11.6 Å². The van der Waals surface area contributed by atoms with Gasteiger partial charge in [-0.1, -0.05) is 18.2 Å². The van der Waals surface area contributed by atoms with Crippen LogP contribution in [0.2, 0.25) is 0 Å². The second-order valence-electron chi connectivity index (χ2n) is 3.05. The van der Waals surface area contributed by atoms with Crippen LogP contribution in [0, 0.1) is 0 Å². The van der Waals surface area contributed by atoms with Crippen molar-refractivity contribution >= 4 is 12.0 Å². The molecule has 0 radical (unpaired) electrons. The van der Waals surface area contributed by atoms with E-state index in [9.17, 15) is 13.2 Å². The first-order valence-corrected chi connectivity index (χ1v) is 5.38.